The SMILES string of the molecule is CC(C)CCCCCC(C)c1cc2cc3c(cc2s1)sc1cc2sc(CCC(C)CCCC(C)C)cc2cc13. The van der Waals surface area contributed by atoms with Crippen LogP contribution in [0.2, 0.25) is 0 Å². The topological polar surface area (TPSA) is 0 Å². The summed E-state index contributed by atoms with van der Waals surface area (Å²) in [7, 11) is 0. The number of thiophene rings is 3. The molecule has 2 unspecified atom stereocenters. The fourth-order valence-electron chi connectivity index (χ4n) is 6.02. The van der Waals surface area contributed by atoms with Gasteiger partial charge in [-0.3, -0.25) is 0 Å². The van der Waals surface area contributed by atoms with Crippen molar-refractivity contribution in [3.63, 3.8) is 0 Å². The zero-order valence-corrected chi connectivity index (χ0v) is 27.5. The third kappa shape index (κ3) is 7.27. The van der Waals surface area contributed by atoms with Gasteiger partial charge in [-0.15, -0.1) is 34.0 Å². The van der Waals surface area contributed by atoms with Gasteiger partial charge in [-0.1, -0.05) is 86.5 Å². The first-order valence-electron chi connectivity index (χ1n) is 15.6. The second-order valence-electron chi connectivity index (χ2n) is 13.1. The lowest BCUT2D eigenvalue weighted by Gasteiger charge is -2.11. The molecule has 0 spiro atoms. The van der Waals surface area contributed by atoms with E-state index in [4.69, 9.17) is 0 Å². The molecule has 0 aliphatic carbocycles. The molecule has 0 fully saturated rings. The van der Waals surface area contributed by atoms with Crippen LogP contribution in [-0.4, -0.2) is 0 Å². The van der Waals surface area contributed by atoms with Gasteiger partial charge in [-0.25, -0.2) is 0 Å². The predicted molar refractivity (Wildman–Crippen MR) is 183 cm³/mol. The van der Waals surface area contributed by atoms with E-state index in [1.54, 1.807) is 9.75 Å². The molecular formula is C36H48S3. The number of unbranched alkanes of at least 4 members (excludes halogenated alkanes) is 2. The van der Waals surface area contributed by atoms with Gasteiger partial charge in [0.25, 0.3) is 0 Å². The van der Waals surface area contributed by atoms with Crippen LogP contribution in [0.5, 0.6) is 0 Å². The Bertz CT molecular complexity index is 1510. The lowest BCUT2D eigenvalue weighted by Crippen LogP contribution is -1.98. The van der Waals surface area contributed by atoms with E-state index in [1.807, 2.05) is 34.0 Å². The van der Waals surface area contributed by atoms with E-state index in [0.29, 0.717) is 5.92 Å². The summed E-state index contributed by atoms with van der Waals surface area (Å²) in [5.41, 5.74) is 0. The molecule has 0 N–H and O–H groups in total. The summed E-state index contributed by atoms with van der Waals surface area (Å²) in [6.45, 7) is 14.2. The van der Waals surface area contributed by atoms with Crippen molar-refractivity contribution in [3.8, 4) is 0 Å². The standard InChI is InChI=1S/C36H48S3/c1-23(2)11-8-7-9-14-26(6)32-20-28-19-31-30-18-27-17-29(16-15-25(5)13-10-12-24(3)4)37-33(27)21-35(30)39-36(31)22-34(28)38-32/h17-26H,7-16H2,1-6H3. The van der Waals surface area contributed by atoms with Crippen molar-refractivity contribution in [3.05, 3.63) is 46.2 Å². The molecule has 0 nitrogen and oxygen atoms in total. The van der Waals surface area contributed by atoms with Crippen molar-refractivity contribution < 1.29 is 0 Å². The van der Waals surface area contributed by atoms with E-state index in [-0.39, 0.29) is 0 Å². The lowest BCUT2D eigenvalue weighted by atomic mass is 9.96. The van der Waals surface area contributed by atoms with Crippen LogP contribution >= 0.6 is 34.0 Å². The molecule has 2 atom stereocenters. The Kier molecular flexibility index (Phi) is 9.73. The highest BCUT2D eigenvalue weighted by Gasteiger charge is 2.14. The normalized spacial score (nSPS) is 14.2. The Morgan fingerprint density at radius 3 is 1.82 bits per heavy atom. The second kappa shape index (κ2) is 13.0. The number of hydrogen-bond donors (Lipinski definition) is 0. The van der Waals surface area contributed by atoms with Crippen molar-refractivity contribution in [1.29, 1.82) is 0 Å². The van der Waals surface area contributed by atoms with Gasteiger partial charge in [0.05, 0.1) is 0 Å². The highest BCUT2D eigenvalue weighted by Crippen LogP contribution is 2.43. The third-order valence-corrected chi connectivity index (χ3v) is 12.2. The van der Waals surface area contributed by atoms with E-state index in [0.717, 1.165) is 17.8 Å². The summed E-state index contributed by atoms with van der Waals surface area (Å²) in [5.74, 6) is 3.16. The van der Waals surface area contributed by atoms with E-state index in [9.17, 15) is 0 Å². The summed E-state index contributed by atoms with van der Waals surface area (Å²) in [6.07, 6.45) is 13.5. The Morgan fingerprint density at radius 2 is 1.13 bits per heavy atom. The Hall–Kier alpha value is -1.42. The van der Waals surface area contributed by atoms with Crippen molar-refractivity contribution in [2.75, 3.05) is 0 Å². The first-order chi connectivity index (χ1) is 18.8. The zero-order chi connectivity index (χ0) is 27.5. The first-order valence-corrected chi connectivity index (χ1v) is 18.0. The summed E-state index contributed by atoms with van der Waals surface area (Å²) >= 11 is 6.03. The van der Waals surface area contributed by atoms with Crippen molar-refractivity contribution in [2.45, 2.75) is 112 Å². The van der Waals surface area contributed by atoms with Gasteiger partial charge in [0.1, 0.15) is 0 Å². The zero-order valence-electron chi connectivity index (χ0n) is 25.1. The smallest absolute Gasteiger partial charge is 0.0369 e. The van der Waals surface area contributed by atoms with Gasteiger partial charge >= 0.3 is 0 Å². The van der Waals surface area contributed by atoms with E-state index >= 15 is 0 Å². The van der Waals surface area contributed by atoms with Crippen molar-refractivity contribution in [2.24, 2.45) is 17.8 Å². The molecule has 3 heterocycles. The highest BCUT2D eigenvalue weighted by atomic mass is 32.1. The first kappa shape index (κ1) is 29.1. The number of benzene rings is 2. The molecule has 0 aliphatic rings. The van der Waals surface area contributed by atoms with Gasteiger partial charge < -0.3 is 0 Å². The third-order valence-electron chi connectivity index (χ3n) is 8.58. The van der Waals surface area contributed by atoms with Gasteiger partial charge in [0, 0.05) is 39.3 Å². The summed E-state index contributed by atoms with van der Waals surface area (Å²) in [5, 5.41) is 5.77. The van der Waals surface area contributed by atoms with Crippen LogP contribution in [0.1, 0.15) is 115 Å². The number of hydrogen-bond acceptors (Lipinski definition) is 3. The molecule has 5 rings (SSSR count). The summed E-state index contributed by atoms with van der Waals surface area (Å²) < 4.78 is 5.81. The molecule has 0 amide bonds. The van der Waals surface area contributed by atoms with Crippen LogP contribution in [-0.2, 0) is 6.42 Å². The van der Waals surface area contributed by atoms with Gasteiger partial charge in [0.2, 0.25) is 0 Å². The van der Waals surface area contributed by atoms with Crippen LogP contribution in [0, 0.1) is 17.8 Å². The Labute approximate surface area is 248 Å². The average Bonchev–Trinajstić information content (AvgIpc) is 3.57. The Morgan fingerprint density at radius 1 is 0.513 bits per heavy atom. The summed E-state index contributed by atoms with van der Waals surface area (Å²) in [6, 6.07) is 14.9. The molecule has 3 aromatic heterocycles. The van der Waals surface area contributed by atoms with Crippen molar-refractivity contribution in [1.82, 2.24) is 0 Å². The maximum atomic E-state index is 2.49. The molecular weight excluding hydrogens is 529 g/mol. The molecule has 3 heteroatoms. The molecule has 210 valence electrons. The lowest BCUT2D eigenvalue weighted by molar-refractivity contribution is 0.438. The Balaban J connectivity index is 1.29. The predicted octanol–water partition coefficient (Wildman–Crippen LogP) is 13.6. The molecule has 0 radical (unpaired) electrons. The van der Waals surface area contributed by atoms with Crippen LogP contribution < -0.4 is 0 Å². The summed E-state index contributed by atoms with van der Waals surface area (Å²) in [4.78, 5) is 3.13. The molecule has 39 heavy (non-hydrogen) atoms. The minimum Gasteiger partial charge on any atom is -0.140 e. The van der Waals surface area contributed by atoms with E-state index < -0.39 is 0 Å². The largest absolute Gasteiger partial charge is 0.140 e. The van der Waals surface area contributed by atoms with Gasteiger partial charge in [-0.05, 0) is 90.1 Å². The van der Waals surface area contributed by atoms with Crippen LogP contribution in [0.25, 0.3) is 40.3 Å². The highest BCUT2D eigenvalue weighted by molar-refractivity contribution is 7.27. The minimum atomic E-state index is 0.665. The quantitative estimate of drug-likeness (QED) is 0.115. The maximum absolute atomic E-state index is 2.49. The molecule has 0 saturated heterocycles. The van der Waals surface area contributed by atoms with Crippen molar-refractivity contribution >= 4 is 74.4 Å². The molecule has 0 bridgehead atoms. The fraction of sp³-hybridized carbons (Fsp3) is 0.556. The van der Waals surface area contributed by atoms with E-state index in [2.05, 4.69) is 77.9 Å². The van der Waals surface area contributed by atoms with Crippen LogP contribution in [0.4, 0.5) is 0 Å². The van der Waals surface area contributed by atoms with Gasteiger partial charge in [0.15, 0.2) is 0 Å². The number of fused-ring (bicyclic) bond motifs is 5. The fourth-order valence-corrected chi connectivity index (χ4v) is 9.59. The molecule has 0 saturated carbocycles. The van der Waals surface area contributed by atoms with E-state index in [1.165, 1.54) is 105 Å². The monoisotopic (exact) mass is 576 g/mol. The molecule has 5 aromatic rings. The number of rotatable bonds is 14. The van der Waals surface area contributed by atoms with Crippen LogP contribution in [0.15, 0.2) is 36.4 Å². The molecule has 0 aliphatic heterocycles. The number of aryl methyl sites for hydroxylation is 1. The second-order valence-corrected chi connectivity index (χ2v) is 16.5. The van der Waals surface area contributed by atoms with Crippen LogP contribution in [0.3, 0.4) is 0 Å². The minimum absolute atomic E-state index is 0.665. The van der Waals surface area contributed by atoms with Gasteiger partial charge in [-0.2, -0.15) is 0 Å². The molecule has 2 aromatic carbocycles. The average molecular weight is 577 g/mol. The maximum Gasteiger partial charge on any atom is 0.0369 e.